The lowest BCUT2D eigenvalue weighted by Gasteiger charge is -2.15. The Morgan fingerprint density at radius 1 is 0.892 bits per heavy atom. The fourth-order valence-electron chi connectivity index (χ4n) is 4.18. The summed E-state index contributed by atoms with van der Waals surface area (Å²) >= 11 is 0. The van der Waals surface area contributed by atoms with E-state index in [-0.39, 0.29) is 22.6 Å². The van der Waals surface area contributed by atoms with Gasteiger partial charge >= 0.3 is 11.6 Å². The third kappa shape index (κ3) is 5.04. The Labute approximate surface area is 213 Å². The fraction of sp³-hybridized carbons (Fsp3) is 0.207. The molecule has 3 aromatic carbocycles. The predicted octanol–water partition coefficient (Wildman–Crippen LogP) is 5.47. The number of aromatic nitrogens is 1. The van der Waals surface area contributed by atoms with Gasteiger partial charge in [-0.25, -0.2) is 14.6 Å². The molecule has 1 heterocycles. The molecule has 0 bridgehead atoms. The largest absolute Gasteiger partial charge is 0.506 e. The summed E-state index contributed by atoms with van der Waals surface area (Å²) in [6, 6.07) is 13.5. The minimum absolute atomic E-state index is 0.137. The normalized spacial score (nSPS) is 11.7. The molecule has 0 atom stereocenters. The van der Waals surface area contributed by atoms with E-state index in [1.807, 2.05) is 39.8 Å². The Hall–Kier alpha value is -4.59. The van der Waals surface area contributed by atoms with Crippen LogP contribution in [-0.4, -0.2) is 30.3 Å². The van der Waals surface area contributed by atoms with Crippen LogP contribution in [0, 0.1) is 27.7 Å². The van der Waals surface area contributed by atoms with Crippen LogP contribution in [-0.2, 0) is 4.79 Å². The second-order valence-electron chi connectivity index (χ2n) is 8.73. The van der Waals surface area contributed by atoms with Crippen LogP contribution in [0.5, 0.6) is 17.2 Å². The van der Waals surface area contributed by atoms with Crippen LogP contribution >= 0.6 is 0 Å². The molecule has 0 aliphatic heterocycles. The van der Waals surface area contributed by atoms with Crippen molar-refractivity contribution in [1.82, 2.24) is 4.98 Å². The average molecular weight is 502 g/mol. The van der Waals surface area contributed by atoms with Crippen molar-refractivity contribution >= 4 is 28.4 Å². The quantitative estimate of drug-likeness (QED) is 0.160. The number of rotatable bonds is 6. The lowest BCUT2D eigenvalue weighted by molar-refractivity contribution is -0.128. The second-order valence-corrected chi connectivity index (χ2v) is 8.73. The summed E-state index contributed by atoms with van der Waals surface area (Å²) in [5.41, 5.74) is 2.31. The summed E-state index contributed by atoms with van der Waals surface area (Å²) in [5, 5.41) is 11.4. The van der Waals surface area contributed by atoms with E-state index in [2.05, 4.69) is 4.98 Å². The summed E-state index contributed by atoms with van der Waals surface area (Å²) in [6.45, 7) is 7.41. The van der Waals surface area contributed by atoms with E-state index >= 15 is 0 Å². The van der Waals surface area contributed by atoms with Gasteiger partial charge in [0.05, 0.1) is 19.8 Å². The van der Waals surface area contributed by atoms with E-state index in [1.165, 1.54) is 20.3 Å². The van der Waals surface area contributed by atoms with Crippen LogP contribution in [0.2, 0.25) is 0 Å². The van der Waals surface area contributed by atoms with Crippen LogP contribution in [0.15, 0.2) is 57.7 Å². The summed E-state index contributed by atoms with van der Waals surface area (Å²) < 4.78 is 21.8. The maximum absolute atomic E-state index is 13.7. The van der Waals surface area contributed by atoms with Gasteiger partial charge in [-0.05, 0) is 68.7 Å². The van der Waals surface area contributed by atoms with Gasteiger partial charge in [0.25, 0.3) is 0 Å². The molecule has 0 spiro atoms. The van der Waals surface area contributed by atoms with Crippen molar-refractivity contribution in [2.24, 2.45) is 0 Å². The fourth-order valence-corrected chi connectivity index (χ4v) is 4.18. The molecule has 37 heavy (non-hydrogen) atoms. The van der Waals surface area contributed by atoms with Gasteiger partial charge in [0, 0.05) is 6.07 Å². The highest BCUT2D eigenvalue weighted by Crippen LogP contribution is 2.34. The minimum atomic E-state index is -0.975. The number of aryl methyl sites for hydroxylation is 4. The first kappa shape index (κ1) is 25.5. The van der Waals surface area contributed by atoms with Gasteiger partial charge in [-0.2, -0.15) is 0 Å². The maximum Gasteiger partial charge on any atom is 0.363 e. The van der Waals surface area contributed by atoms with E-state index in [1.54, 1.807) is 30.3 Å². The SMILES string of the molecule is COc1ccc(C(O)=C(C(=O)Oc2c(C)cc(C)cc2C)c2nc3cc(C)ccc3oc2=O)c(OC)c1. The Balaban J connectivity index is 1.98. The molecular formula is C29H27NO7. The Morgan fingerprint density at radius 3 is 2.24 bits per heavy atom. The van der Waals surface area contributed by atoms with Crippen LogP contribution in [0.1, 0.15) is 33.5 Å². The Morgan fingerprint density at radius 2 is 1.59 bits per heavy atom. The number of benzene rings is 3. The van der Waals surface area contributed by atoms with Crippen LogP contribution in [0.25, 0.3) is 22.4 Å². The number of carbonyl (C=O) groups is 1. The number of hydrogen-bond acceptors (Lipinski definition) is 8. The number of aliphatic hydroxyl groups is 1. The Kier molecular flexibility index (Phi) is 7.02. The summed E-state index contributed by atoms with van der Waals surface area (Å²) in [7, 11) is 2.90. The number of esters is 1. The highest BCUT2D eigenvalue weighted by Gasteiger charge is 2.29. The molecule has 0 saturated heterocycles. The smallest absolute Gasteiger partial charge is 0.363 e. The molecule has 0 radical (unpaired) electrons. The van der Waals surface area contributed by atoms with E-state index in [4.69, 9.17) is 18.6 Å². The van der Waals surface area contributed by atoms with Crippen molar-refractivity contribution in [2.75, 3.05) is 14.2 Å². The van der Waals surface area contributed by atoms with E-state index in [9.17, 15) is 14.7 Å². The molecular weight excluding hydrogens is 474 g/mol. The van der Waals surface area contributed by atoms with Gasteiger partial charge in [-0.15, -0.1) is 0 Å². The van der Waals surface area contributed by atoms with E-state index in [0.29, 0.717) is 17.0 Å². The van der Waals surface area contributed by atoms with E-state index in [0.717, 1.165) is 22.3 Å². The van der Waals surface area contributed by atoms with Crippen LogP contribution in [0.3, 0.4) is 0 Å². The van der Waals surface area contributed by atoms with Crippen molar-refractivity contribution in [3.05, 3.63) is 92.5 Å². The lowest BCUT2D eigenvalue weighted by Crippen LogP contribution is -2.20. The predicted molar refractivity (Wildman–Crippen MR) is 140 cm³/mol. The number of methoxy groups -OCH3 is 2. The zero-order valence-electron chi connectivity index (χ0n) is 21.5. The summed E-state index contributed by atoms with van der Waals surface area (Å²) in [5.74, 6) is -0.521. The molecule has 4 rings (SSSR count). The third-order valence-corrected chi connectivity index (χ3v) is 5.88. The van der Waals surface area contributed by atoms with Crippen molar-refractivity contribution < 1.29 is 28.5 Å². The number of carbonyl (C=O) groups excluding carboxylic acids is 1. The first-order chi connectivity index (χ1) is 17.6. The molecule has 0 amide bonds. The number of hydrogen-bond donors (Lipinski definition) is 1. The first-order valence-electron chi connectivity index (χ1n) is 11.5. The number of fused-ring (bicyclic) bond motifs is 1. The summed E-state index contributed by atoms with van der Waals surface area (Å²) in [6.07, 6.45) is 0. The highest BCUT2D eigenvalue weighted by atomic mass is 16.5. The van der Waals surface area contributed by atoms with Crippen molar-refractivity contribution in [3.8, 4) is 17.2 Å². The number of ether oxygens (including phenoxy) is 3. The lowest BCUT2D eigenvalue weighted by atomic mass is 10.0. The van der Waals surface area contributed by atoms with Gasteiger partial charge in [-0.3, -0.25) is 0 Å². The summed E-state index contributed by atoms with van der Waals surface area (Å²) in [4.78, 5) is 31.1. The minimum Gasteiger partial charge on any atom is -0.506 e. The zero-order chi connectivity index (χ0) is 26.9. The average Bonchev–Trinajstić information content (AvgIpc) is 2.86. The standard InChI is InChI=1S/C29H27NO7/c1-15-7-10-22-21(13-15)30-25(29(33)36-22)24(26(31)20-9-8-19(34-5)14-23(20)35-6)28(32)37-27-17(3)11-16(2)12-18(27)4/h7-14,31H,1-6H3. The van der Waals surface area contributed by atoms with Crippen molar-refractivity contribution in [2.45, 2.75) is 27.7 Å². The molecule has 8 nitrogen and oxygen atoms in total. The molecule has 1 aromatic heterocycles. The molecule has 8 heteroatoms. The zero-order valence-corrected chi connectivity index (χ0v) is 21.5. The van der Waals surface area contributed by atoms with Crippen LogP contribution in [0.4, 0.5) is 0 Å². The van der Waals surface area contributed by atoms with Gasteiger partial charge < -0.3 is 23.7 Å². The first-order valence-corrected chi connectivity index (χ1v) is 11.5. The highest BCUT2D eigenvalue weighted by molar-refractivity contribution is 6.23. The Bertz CT molecular complexity index is 1590. The van der Waals surface area contributed by atoms with Crippen molar-refractivity contribution in [3.63, 3.8) is 0 Å². The monoisotopic (exact) mass is 501 g/mol. The van der Waals surface area contributed by atoms with Gasteiger partial charge in [0.2, 0.25) is 0 Å². The van der Waals surface area contributed by atoms with Crippen molar-refractivity contribution in [1.29, 1.82) is 0 Å². The maximum atomic E-state index is 13.7. The van der Waals surface area contributed by atoms with Gasteiger partial charge in [0.15, 0.2) is 11.3 Å². The molecule has 0 fully saturated rings. The molecule has 0 saturated carbocycles. The molecule has 0 unspecified atom stereocenters. The van der Waals surface area contributed by atoms with Gasteiger partial charge in [-0.1, -0.05) is 23.8 Å². The molecule has 1 N–H and O–H groups in total. The van der Waals surface area contributed by atoms with E-state index < -0.39 is 22.9 Å². The topological polar surface area (TPSA) is 108 Å². The van der Waals surface area contributed by atoms with Crippen LogP contribution < -0.4 is 19.8 Å². The number of nitrogens with zero attached hydrogens (tertiary/aromatic N) is 1. The number of aliphatic hydroxyl groups excluding tert-OH is 1. The molecule has 0 aliphatic rings. The third-order valence-electron chi connectivity index (χ3n) is 5.88. The molecule has 0 aliphatic carbocycles. The second kappa shape index (κ2) is 10.2. The van der Waals surface area contributed by atoms with Gasteiger partial charge in [0.1, 0.15) is 34.1 Å². The molecule has 4 aromatic rings. The molecule has 190 valence electrons.